The standard InChI is InChI=1S/C21H21F3N6O/c22-21(23,24)15-11-28-20(29-17-3-1-2-16(17)26-6-7-31)30-19(15)14-10-27-18-8-12(9-25)4-5-13(14)18/h4-5,8,10-11,16-17,26-27,31H,1-3,6-7H2,(H,28,29,30)/t16-,17-/m0/s1. The lowest BCUT2D eigenvalue weighted by Gasteiger charge is -2.22. The summed E-state index contributed by atoms with van der Waals surface area (Å²) in [6, 6.07) is 6.81. The molecule has 2 aromatic heterocycles. The molecule has 162 valence electrons. The lowest BCUT2D eigenvalue weighted by molar-refractivity contribution is -0.137. The maximum atomic E-state index is 13.7. The topological polar surface area (TPSA) is 110 Å². The summed E-state index contributed by atoms with van der Waals surface area (Å²) in [4.78, 5) is 11.1. The number of nitrogens with zero attached hydrogens (tertiary/aromatic N) is 3. The van der Waals surface area contributed by atoms with E-state index in [0.717, 1.165) is 25.5 Å². The van der Waals surface area contributed by atoms with Crippen molar-refractivity contribution in [2.45, 2.75) is 37.5 Å². The molecule has 0 spiro atoms. The smallest absolute Gasteiger partial charge is 0.395 e. The fourth-order valence-electron chi connectivity index (χ4n) is 4.05. The summed E-state index contributed by atoms with van der Waals surface area (Å²) in [7, 11) is 0. The predicted octanol–water partition coefficient (Wildman–Crippen LogP) is 3.43. The molecule has 4 N–H and O–H groups in total. The van der Waals surface area contributed by atoms with E-state index in [1.54, 1.807) is 18.2 Å². The van der Waals surface area contributed by atoms with Gasteiger partial charge in [0.2, 0.25) is 5.95 Å². The minimum absolute atomic E-state index is 0.0121. The number of hydrogen-bond acceptors (Lipinski definition) is 6. The van der Waals surface area contributed by atoms with Crippen molar-refractivity contribution in [3.05, 3.63) is 41.7 Å². The van der Waals surface area contributed by atoms with Gasteiger partial charge in [-0.3, -0.25) is 0 Å². The van der Waals surface area contributed by atoms with Crippen LogP contribution < -0.4 is 10.6 Å². The quantitative estimate of drug-likeness (QED) is 0.477. The molecule has 0 aliphatic heterocycles. The van der Waals surface area contributed by atoms with E-state index in [9.17, 15) is 13.2 Å². The highest BCUT2D eigenvalue weighted by Gasteiger charge is 2.36. The highest BCUT2D eigenvalue weighted by Crippen LogP contribution is 2.39. The summed E-state index contributed by atoms with van der Waals surface area (Å²) >= 11 is 0. The number of rotatable bonds is 6. The first kappa shape index (κ1) is 21.1. The van der Waals surface area contributed by atoms with Gasteiger partial charge in [0.1, 0.15) is 5.56 Å². The van der Waals surface area contributed by atoms with Crippen molar-refractivity contribution < 1.29 is 18.3 Å². The molecule has 4 rings (SSSR count). The second-order valence-corrected chi connectivity index (χ2v) is 7.49. The lowest BCUT2D eigenvalue weighted by Crippen LogP contribution is -2.41. The minimum atomic E-state index is -4.62. The van der Waals surface area contributed by atoms with Crippen LogP contribution in [0.5, 0.6) is 0 Å². The Labute approximate surface area is 176 Å². The number of aromatic nitrogens is 3. The van der Waals surface area contributed by atoms with E-state index in [2.05, 4.69) is 25.6 Å². The molecule has 2 heterocycles. The van der Waals surface area contributed by atoms with Gasteiger partial charge in [-0.1, -0.05) is 6.07 Å². The van der Waals surface area contributed by atoms with Crippen LogP contribution in [0.4, 0.5) is 19.1 Å². The van der Waals surface area contributed by atoms with Gasteiger partial charge >= 0.3 is 6.18 Å². The number of anilines is 1. The number of fused-ring (bicyclic) bond motifs is 1. The van der Waals surface area contributed by atoms with Gasteiger partial charge in [0.25, 0.3) is 0 Å². The number of halogens is 3. The Kier molecular flexibility index (Phi) is 5.80. The maximum Gasteiger partial charge on any atom is 0.419 e. The third kappa shape index (κ3) is 4.33. The molecule has 1 aromatic carbocycles. The highest BCUT2D eigenvalue weighted by atomic mass is 19.4. The Hall–Kier alpha value is -3.16. The van der Waals surface area contributed by atoms with E-state index in [4.69, 9.17) is 10.4 Å². The van der Waals surface area contributed by atoms with Gasteiger partial charge in [0, 0.05) is 47.5 Å². The van der Waals surface area contributed by atoms with E-state index < -0.39 is 11.7 Å². The van der Waals surface area contributed by atoms with E-state index in [1.165, 1.54) is 6.20 Å². The Balaban J connectivity index is 1.72. The van der Waals surface area contributed by atoms with E-state index in [-0.39, 0.29) is 30.3 Å². The molecule has 0 amide bonds. The Morgan fingerprint density at radius 1 is 1.26 bits per heavy atom. The van der Waals surface area contributed by atoms with Crippen molar-refractivity contribution in [2.75, 3.05) is 18.5 Å². The Morgan fingerprint density at radius 3 is 2.81 bits per heavy atom. The summed E-state index contributed by atoms with van der Waals surface area (Å²) in [5, 5.41) is 25.0. The number of aliphatic hydroxyl groups excluding tert-OH is 1. The molecule has 1 fully saturated rings. The first-order valence-electron chi connectivity index (χ1n) is 9.97. The zero-order chi connectivity index (χ0) is 22.0. The number of H-pyrrole nitrogens is 1. The number of nitriles is 1. The summed E-state index contributed by atoms with van der Waals surface area (Å²) in [5.41, 5.74) is 0.103. The van der Waals surface area contributed by atoms with E-state index >= 15 is 0 Å². The molecule has 0 saturated heterocycles. The molecule has 2 atom stereocenters. The van der Waals surface area contributed by atoms with Gasteiger partial charge in [-0.25, -0.2) is 9.97 Å². The van der Waals surface area contributed by atoms with Crippen LogP contribution in [-0.2, 0) is 6.18 Å². The van der Waals surface area contributed by atoms with Crippen molar-refractivity contribution in [3.63, 3.8) is 0 Å². The Bertz CT molecular complexity index is 1120. The monoisotopic (exact) mass is 430 g/mol. The van der Waals surface area contributed by atoms with Crippen LogP contribution in [0.3, 0.4) is 0 Å². The molecule has 0 unspecified atom stereocenters. The van der Waals surface area contributed by atoms with Crippen molar-refractivity contribution in [2.24, 2.45) is 0 Å². The number of benzene rings is 1. The molecule has 1 aliphatic carbocycles. The van der Waals surface area contributed by atoms with Gasteiger partial charge in [0.15, 0.2) is 0 Å². The van der Waals surface area contributed by atoms with Crippen LogP contribution in [0.1, 0.15) is 30.4 Å². The van der Waals surface area contributed by atoms with Crippen LogP contribution >= 0.6 is 0 Å². The second-order valence-electron chi connectivity index (χ2n) is 7.49. The molecule has 7 nitrogen and oxygen atoms in total. The third-order valence-electron chi connectivity index (χ3n) is 5.51. The van der Waals surface area contributed by atoms with Crippen LogP contribution in [-0.4, -0.2) is 45.3 Å². The third-order valence-corrected chi connectivity index (χ3v) is 5.51. The van der Waals surface area contributed by atoms with Gasteiger partial charge in [0.05, 0.1) is 23.9 Å². The zero-order valence-corrected chi connectivity index (χ0v) is 16.5. The number of nitrogens with one attached hydrogen (secondary N) is 3. The normalized spacial score (nSPS) is 18.9. The van der Waals surface area contributed by atoms with Gasteiger partial charge in [-0.15, -0.1) is 0 Å². The van der Waals surface area contributed by atoms with Gasteiger partial charge < -0.3 is 20.7 Å². The molecule has 0 radical (unpaired) electrons. The molecule has 31 heavy (non-hydrogen) atoms. The molecule has 10 heteroatoms. The summed E-state index contributed by atoms with van der Waals surface area (Å²) < 4.78 is 41.1. The predicted molar refractivity (Wildman–Crippen MR) is 109 cm³/mol. The number of alkyl halides is 3. The average Bonchev–Trinajstić information content (AvgIpc) is 3.37. The van der Waals surface area contributed by atoms with E-state index in [1.807, 2.05) is 6.07 Å². The van der Waals surface area contributed by atoms with E-state index in [0.29, 0.717) is 28.6 Å². The number of hydrogen-bond donors (Lipinski definition) is 4. The summed E-state index contributed by atoms with van der Waals surface area (Å²) in [5.74, 6) is 0.119. The molecule has 3 aromatic rings. The first-order valence-corrected chi connectivity index (χ1v) is 9.97. The zero-order valence-electron chi connectivity index (χ0n) is 16.5. The fourth-order valence-corrected chi connectivity index (χ4v) is 4.05. The molecule has 0 bridgehead atoms. The van der Waals surface area contributed by atoms with Crippen molar-refractivity contribution >= 4 is 16.9 Å². The minimum Gasteiger partial charge on any atom is -0.395 e. The van der Waals surface area contributed by atoms with Crippen molar-refractivity contribution in [1.29, 1.82) is 5.26 Å². The van der Waals surface area contributed by atoms with Crippen LogP contribution in [0.15, 0.2) is 30.6 Å². The van der Waals surface area contributed by atoms with Crippen LogP contribution in [0.25, 0.3) is 22.2 Å². The average molecular weight is 430 g/mol. The molecular weight excluding hydrogens is 409 g/mol. The fraction of sp³-hybridized carbons (Fsp3) is 0.381. The lowest BCUT2D eigenvalue weighted by atomic mass is 10.0. The van der Waals surface area contributed by atoms with Gasteiger partial charge in [-0.2, -0.15) is 18.4 Å². The van der Waals surface area contributed by atoms with Gasteiger partial charge in [-0.05, 0) is 31.4 Å². The Morgan fingerprint density at radius 2 is 2.06 bits per heavy atom. The van der Waals surface area contributed by atoms with Crippen LogP contribution in [0, 0.1) is 11.3 Å². The highest BCUT2D eigenvalue weighted by molar-refractivity contribution is 5.96. The summed E-state index contributed by atoms with van der Waals surface area (Å²) in [6.45, 7) is 0.459. The number of aromatic amines is 1. The van der Waals surface area contributed by atoms with Crippen LogP contribution in [0.2, 0.25) is 0 Å². The van der Waals surface area contributed by atoms with Crippen molar-refractivity contribution in [1.82, 2.24) is 20.3 Å². The molecular formula is C21H21F3N6O. The SMILES string of the molecule is N#Cc1ccc2c(-c3nc(N[C@H]4CCC[C@@H]4NCCO)ncc3C(F)(F)F)c[nH]c2c1. The van der Waals surface area contributed by atoms with Crippen molar-refractivity contribution in [3.8, 4) is 17.3 Å². The molecule has 1 aliphatic rings. The number of aliphatic hydroxyl groups is 1. The molecule has 1 saturated carbocycles. The maximum absolute atomic E-state index is 13.7. The largest absolute Gasteiger partial charge is 0.419 e. The first-order chi connectivity index (χ1) is 14.9. The summed E-state index contributed by atoms with van der Waals surface area (Å²) in [6.07, 6.45) is 0.328. The second kappa shape index (κ2) is 8.53.